The lowest BCUT2D eigenvalue weighted by molar-refractivity contribution is -0.139. The first kappa shape index (κ1) is 13.1. The van der Waals surface area contributed by atoms with E-state index in [9.17, 15) is 9.90 Å². The van der Waals surface area contributed by atoms with E-state index in [0.29, 0.717) is 12.0 Å². The van der Waals surface area contributed by atoms with Crippen LogP contribution in [0.2, 0.25) is 0 Å². The Bertz CT molecular complexity index is 431. The summed E-state index contributed by atoms with van der Waals surface area (Å²) < 4.78 is 5.32. The normalized spacial score (nSPS) is 39.2. The molecule has 0 aromatic rings. The van der Waals surface area contributed by atoms with Gasteiger partial charge in [-0.2, -0.15) is 0 Å². The molecule has 0 bridgehead atoms. The average Bonchev–Trinajstić information content (AvgIpc) is 2.53. The van der Waals surface area contributed by atoms with Crippen molar-refractivity contribution in [3.8, 4) is 0 Å². The third-order valence-electron chi connectivity index (χ3n) is 3.70. The summed E-state index contributed by atoms with van der Waals surface area (Å²) in [5, 5.41) is 10.3. The van der Waals surface area contributed by atoms with E-state index in [1.807, 2.05) is 19.9 Å². The Kier molecular flexibility index (Phi) is 3.71. The van der Waals surface area contributed by atoms with E-state index in [1.54, 1.807) is 0 Å². The maximum Gasteiger partial charge on any atom is 0.334 e. The highest BCUT2D eigenvalue weighted by Gasteiger charge is 2.42. The molecule has 2 rings (SSSR count). The van der Waals surface area contributed by atoms with Gasteiger partial charge in [-0.25, -0.2) is 4.79 Å². The van der Waals surface area contributed by atoms with E-state index < -0.39 is 6.10 Å². The van der Waals surface area contributed by atoms with Gasteiger partial charge < -0.3 is 9.84 Å². The smallest absolute Gasteiger partial charge is 0.334 e. The quantitative estimate of drug-likeness (QED) is 0.407. The first-order chi connectivity index (χ1) is 8.49. The Balaban J connectivity index is 2.32. The van der Waals surface area contributed by atoms with Crippen LogP contribution in [0.25, 0.3) is 0 Å². The number of rotatable bonds is 0. The summed E-state index contributed by atoms with van der Waals surface area (Å²) in [5.41, 5.74) is 2.73. The lowest BCUT2D eigenvalue weighted by Crippen LogP contribution is -2.28. The Labute approximate surface area is 108 Å². The molecule has 3 nitrogen and oxygen atoms in total. The lowest BCUT2D eigenvalue weighted by Gasteiger charge is -2.22. The van der Waals surface area contributed by atoms with Gasteiger partial charge in [0.15, 0.2) is 0 Å². The molecule has 1 aliphatic heterocycles. The molecule has 0 saturated carbocycles. The number of esters is 1. The molecule has 3 heteroatoms. The zero-order valence-electron chi connectivity index (χ0n) is 11.0. The molecule has 1 saturated heterocycles. The molecule has 0 spiro atoms. The zero-order valence-corrected chi connectivity index (χ0v) is 11.0. The highest BCUT2D eigenvalue weighted by atomic mass is 16.6. The van der Waals surface area contributed by atoms with Crippen LogP contribution < -0.4 is 0 Å². The van der Waals surface area contributed by atoms with Crippen molar-refractivity contribution in [2.45, 2.75) is 45.3 Å². The molecule has 18 heavy (non-hydrogen) atoms. The molecule has 0 amide bonds. The Morgan fingerprint density at radius 2 is 2.11 bits per heavy atom. The van der Waals surface area contributed by atoms with Crippen molar-refractivity contribution in [3.63, 3.8) is 0 Å². The number of aliphatic hydroxyl groups is 1. The molecule has 3 atom stereocenters. The number of ether oxygens (including phenoxy) is 1. The lowest BCUT2D eigenvalue weighted by atomic mass is 9.86. The van der Waals surface area contributed by atoms with Gasteiger partial charge in [-0.1, -0.05) is 29.9 Å². The highest BCUT2D eigenvalue weighted by Crippen LogP contribution is 2.34. The zero-order chi connectivity index (χ0) is 13.3. The Morgan fingerprint density at radius 3 is 2.83 bits per heavy atom. The van der Waals surface area contributed by atoms with Gasteiger partial charge >= 0.3 is 5.97 Å². The molecule has 0 aromatic heterocycles. The van der Waals surface area contributed by atoms with Crippen LogP contribution in [0.3, 0.4) is 0 Å². The second-order valence-electron chi connectivity index (χ2n) is 5.29. The summed E-state index contributed by atoms with van der Waals surface area (Å²) in [4.78, 5) is 11.6. The van der Waals surface area contributed by atoms with E-state index in [1.165, 1.54) is 5.57 Å². The third kappa shape index (κ3) is 2.56. The average molecular weight is 248 g/mol. The van der Waals surface area contributed by atoms with Crippen molar-refractivity contribution < 1.29 is 14.6 Å². The maximum absolute atomic E-state index is 11.6. The van der Waals surface area contributed by atoms with E-state index in [2.05, 4.69) is 12.7 Å². The first-order valence-electron chi connectivity index (χ1n) is 6.40. The molecule has 0 unspecified atom stereocenters. The number of hydrogen-bond donors (Lipinski definition) is 1. The second-order valence-corrected chi connectivity index (χ2v) is 5.29. The fraction of sp³-hybridized carbons (Fsp3) is 0.533. The number of aliphatic hydroxyl groups excluding tert-OH is 1. The van der Waals surface area contributed by atoms with E-state index in [-0.39, 0.29) is 18.0 Å². The number of carbonyl (C=O) groups is 1. The second kappa shape index (κ2) is 5.11. The minimum Gasteiger partial charge on any atom is -0.458 e. The molecular weight excluding hydrogens is 228 g/mol. The Morgan fingerprint density at radius 1 is 1.39 bits per heavy atom. The summed E-state index contributed by atoms with van der Waals surface area (Å²) in [6.07, 6.45) is 5.64. The largest absolute Gasteiger partial charge is 0.458 e. The van der Waals surface area contributed by atoms with Gasteiger partial charge in [0.25, 0.3) is 0 Å². The predicted octanol–water partition coefficient (Wildman–Crippen LogP) is 2.52. The van der Waals surface area contributed by atoms with Crippen LogP contribution in [-0.2, 0) is 9.53 Å². The van der Waals surface area contributed by atoms with Crippen LogP contribution in [0, 0.1) is 5.92 Å². The number of carbonyl (C=O) groups excluding carboxylic acids is 1. The highest BCUT2D eigenvalue weighted by molar-refractivity contribution is 5.91. The predicted molar refractivity (Wildman–Crippen MR) is 69.9 cm³/mol. The minimum atomic E-state index is -0.681. The molecular formula is C15H20O3. The van der Waals surface area contributed by atoms with Crippen molar-refractivity contribution in [1.29, 1.82) is 0 Å². The summed E-state index contributed by atoms with van der Waals surface area (Å²) in [7, 11) is 0. The van der Waals surface area contributed by atoms with Crippen molar-refractivity contribution >= 4 is 5.97 Å². The fourth-order valence-corrected chi connectivity index (χ4v) is 2.67. The molecule has 98 valence electrons. The first-order valence-corrected chi connectivity index (χ1v) is 6.40. The molecule has 1 heterocycles. The van der Waals surface area contributed by atoms with E-state index in [0.717, 1.165) is 18.4 Å². The van der Waals surface area contributed by atoms with Gasteiger partial charge in [0.2, 0.25) is 0 Å². The van der Waals surface area contributed by atoms with Gasteiger partial charge in [0.1, 0.15) is 6.10 Å². The van der Waals surface area contributed by atoms with Gasteiger partial charge in [0.05, 0.1) is 12.0 Å². The number of hydrogen-bond acceptors (Lipinski definition) is 3. The van der Waals surface area contributed by atoms with Gasteiger partial charge in [-0.05, 0) is 26.7 Å². The van der Waals surface area contributed by atoms with Gasteiger partial charge in [-0.3, -0.25) is 0 Å². The van der Waals surface area contributed by atoms with Crippen LogP contribution in [0.5, 0.6) is 0 Å². The Hall–Kier alpha value is -1.35. The SMILES string of the molecule is C=C1C(=O)O[C@H]2C/C(C)=C\CC/C(C)=C\[C@@H](O)[C@H]12. The van der Waals surface area contributed by atoms with Crippen molar-refractivity contribution in [3.05, 3.63) is 35.5 Å². The van der Waals surface area contributed by atoms with Crippen LogP contribution >= 0.6 is 0 Å². The van der Waals surface area contributed by atoms with Crippen molar-refractivity contribution in [2.24, 2.45) is 5.92 Å². The van der Waals surface area contributed by atoms with Crippen LogP contribution in [0.4, 0.5) is 0 Å². The fourth-order valence-electron chi connectivity index (χ4n) is 2.67. The summed E-state index contributed by atoms with van der Waals surface area (Å²) in [6.45, 7) is 7.81. The summed E-state index contributed by atoms with van der Waals surface area (Å²) in [5.74, 6) is -0.684. The standard InChI is InChI=1S/C15H20O3/c1-9-5-4-6-10(2)8-13-14(12(16)7-9)11(3)15(17)18-13/h6-7,12-14,16H,3-5,8H2,1-2H3/b9-7-,10-6-/t12-,13+,14+/m1/s1. The molecule has 0 radical (unpaired) electrons. The molecule has 0 aromatic carbocycles. The van der Waals surface area contributed by atoms with Crippen LogP contribution in [-0.4, -0.2) is 23.3 Å². The number of fused-ring (bicyclic) bond motifs is 1. The minimum absolute atomic E-state index is 0.279. The van der Waals surface area contributed by atoms with Crippen molar-refractivity contribution in [2.75, 3.05) is 0 Å². The molecule has 1 aliphatic carbocycles. The van der Waals surface area contributed by atoms with Crippen LogP contribution in [0.15, 0.2) is 35.5 Å². The molecule has 1 N–H and O–H groups in total. The topological polar surface area (TPSA) is 46.5 Å². The van der Waals surface area contributed by atoms with Gasteiger partial charge in [0, 0.05) is 12.0 Å². The van der Waals surface area contributed by atoms with Crippen molar-refractivity contribution in [1.82, 2.24) is 0 Å². The monoisotopic (exact) mass is 248 g/mol. The molecule has 2 aliphatic rings. The van der Waals surface area contributed by atoms with Crippen LogP contribution in [0.1, 0.15) is 33.1 Å². The molecule has 1 fully saturated rings. The van der Waals surface area contributed by atoms with Gasteiger partial charge in [-0.15, -0.1) is 0 Å². The maximum atomic E-state index is 11.6. The summed E-state index contributed by atoms with van der Waals surface area (Å²) in [6, 6.07) is 0. The summed E-state index contributed by atoms with van der Waals surface area (Å²) >= 11 is 0. The van der Waals surface area contributed by atoms with E-state index >= 15 is 0 Å². The third-order valence-corrected chi connectivity index (χ3v) is 3.70. The number of allylic oxidation sites excluding steroid dienone is 2. The van der Waals surface area contributed by atoms with E-state index in [4.69, 9.17) is 4.74 Å².